The molecule has 0 aromatic heterocycles. The van der Waals surface area contributed by atoms with E-state index in [1.165, 1.54) is 0 Å². The molecule has 1 rings (SSSR count). The molecule has 110 valence electrons. The Morgan fingerprint density at radius 1 is 1.10 bits per heavy atom. The summed E-state index contributed by atoms with van der Waals surface area (Å²) in [6.07, 6.45) is 2.76. The van der Waals surface area contributed by atoms with E-state index >= 15 is 0 Å². The van der Waals surface area contributed by atoms with E-state index in [4.69, 9.17) is 9.47 Å². The lowest BCUT2D eigenvalue weighted by Crippen LogP contribution is -2.24. The van der Waals surface area contributed by atoms with E-state index in [0.717, 1.165) is 24.8 Å². The van der Waals surface area contributed by atoms with Crippen molar-refractivity contribution in [3.63, 3.8) is 0 Å². The number of carbonyl (C=O) groups excluding carboxylic acids is 2. The van der Waals surface area contributed by atoms with Gasteiger partial charge in [-0.25, -0.2) is 9.59 Å². The number of esters is 2. The first-order chi connectivity index (χ1) is 9.56. The third kappa shape index (κ3) is 5.03. The van der Waals surface area contributed by atoms with Gasteiger partial charge in [0.15, 0.2) is 0 Å². The summed E-state index contributed by atoms with van der Waals surface area (Å²) >= 11 is 0. The van der Waals surface area contributed by atoms with Gasteiger partial charge in [0, 0.05) is 0 Å². The molecule has 0 bridgehead atoms. The fourth-order valence-corrected chi connectivity index (χ4v) is 1.77. The molecule has 0 saturated heterocycles. The fraction of sp³-hybridized carbons (Fsp3) is 0.500. The third-order valence-corrected chi connectivity index (χ3v) is 2.89. The SMILES string of the molecule is CCCCCOC(=O)C(=O)Oc1ccccc1C(C)C. The summed E-state index contributed by atoms with van der Waals surface area (Å²) in [7, 11) is 0. The summed E-state index contributed by atoms with van der Waals surface area (Å²) in [5.41, 5.74) is 0.889. The van der Waals surface area contributed by atoms with Gasteiger partial charge in [0.05, 0.1) is 6.61 Å². The molecule has 0 amide bonds. The number of carbonyl (C=O) groups is 2. The highest BCUT2D eigenvalue weighted by Crippen LogP contribution is 2.25. The summed E-state index contributed by atoms with van der Waals surface area (Å²) in [6, 6.07) is 7.19. The molecule has 4 nitrogen and oxygen atoms in total. The Balaban J connectivity index is 2.55. The molecule has 4 heteroatoms. The standard InChI is InChI=1S/C16H22O4/c1-4-5-8-11-19-15(17)16(18)20-14-10-7-6-9-13(14)12(2)3/h6-7,9-10,12H,4-5,8,11H2,1-3H3. The van der Waals surface area contributed by atoms with Crippen molar-refractivity contribution in [3.8, 4) is 5.75 Å². The van der Waals surface area contributed by atoms with Gasteiger partial charge in [-0.2, -0.15) is 0 Å². The van der Waals surface area contributed by atoms with Gasteiger partial charge in [-0.3, -0.25) is 0 Å². The highest BCUT2D eigenvalue weighted by atomic mass is 16.6. The van der Waals surface area contributed by atoms with Gasteiger partial charge in [0.2, 0.25) is 0 Å². The lowest BCUT2D eigenvalue weighted by atomic mass is 10.0. The number of hydrogen-bond acceptors (Lipinski definition) is 4. The molecule has 0 aliphatic heterocycles. The molecular weight excluding hydrogens is 256 g/mol. The second-order valence-corrected chi connectivity index (χ2v) is 4.93. The predicted octanol–water partition coefficient (Wildman–Crippen LogP) is 3.45. The Hall–Kier alpha value is -1.84. The Kier molecular flexibility index (Phi) is 6.77. The van der Waals surface area contributed by atoms with Gasteiger partial charge in [-0.1, -0.05) is 51.8 Å². The van der Waals surface area contributed by atoms with Crippen LogP contribution < -0.4 is 4.74 Å². The minimum absolute atomic E-state index is 0.208. The van der Waals surface area contributed by atoms with E-state index in [-0.39, 0.29) is 12.5 Å². The fourth-order valence-electron chi connectivity index (χ4n) is 1.77. The predicted molar refractivity (Wildman–Crippen MR) is 76.7 cm³/mol. The van der Waals surface area contributed by atoms with E-state index in [2.05, 4.69) is 6.92 Å². The van der Waals surface area contributed by atoms with Crippen LogP contribution in [0.3, 0.4) is 0 Å². The van der Waals surface area contributed by atoms with Crippen LogP contribution in [0.1, 0.15) is 51.5 Å². The first-order valence-electron chi connectivity index (χ1n) is 7.04. The van der Waals surface area contributed by atoms with Gasteiger partial charge in [0.25, 0.3) is 0 Å². The van der Waals surface area contributed by atoms with Gasteiger partial charge in [-0.05, 0) is 24.0 Å². The topological polar surface area (TPSA) is 52.6 Å². The van der Waals surface area contributed by atoms with Gasteiger partial charge < -0.3 is 9.47 Å². The van der Waals surface area contributed by atoms with Crippen molar-refractivity contribution in [2.45, 2.75) is 46.0 Å². The van der Waals surface area contributed by atoms with Crippen molar-refractivity contribution in [2.24, 2.45) is 0 Å². The Bertz CT molecular complexity index is 452. The molecule has 0 aliphatic rings. The zero-order chi connectivity index (χ0) is 15.0. The van der Waals surface area contributed by atoms with Crippen molar-refractivity contribution in [3.05, 3.63) is 29.8 Å². The number of para-hydroxylation sites is 1. The molecule has 0 heterocycles. The van der Waals surface area contributed by atoms with Crippen molar-refractivity contribution in [1.82, 2.24) is 0 Å². The Morgan fingerprint density at radius 3 is 2.45 bits per heavy atom. The van der Waals surface area contributed by atoms with Crippen LogP contribution in [0, 0.1) is 0 Å². The molecule has 0 spiro atoms. The molecule has 0 fully saturated rings. The number of unbranched alkanes of at least 4 members (excludes halogenated alkanes) is 2. The van der Waals surface area contributed by atoms with Crippen LogP contribution >= 0.6 is 0 Å². The summed E-state index contributed by atoms with van der Waals surface area (Å²) in [6.45, 7) is 6.30. The van der Waals surface area contributed by atoms with E-state index in [0.29, 0.717) is 5.75 Å². The minimum atomic E-state index is -0.963. The lowest BCUT2D eigenvalue weighted by Gasteiger charge is -2.12. The minimum Gasteiger partial charge on any atom is -0.457 e. The monoisotopic (exact) mass is 278 g/mol. The first-order valence-corrected chi connectivity index (χ1v) is 7.04. The molecule has 0 unspecified atom stereocenters. The average molecular weight is 278 g/mol. The zero-order valence-corrected chi connectivity index (χ0v) is 12.3. The summed E-state index contributed by atoms with van der Waals surface area (Å²) in [5.74, 6) is -1.27. The maximum absolute atomic E-state index is 11.7. The largest absolute Gasteiger partial charge is 0.457 e. The quantitative estimate of drug-likeness (QED) is 0.346. The van der Waals surface area contributed by atoms with Crippen LogP contribution in [0.5, 0.6) is 5.75 Å². The Morgan fingerprint density at radius 2 is 1.80 bits per heavy atom. The van der Waals surface area contributed by atoms with E-state index in [1.54, 1.807) is 12.1 Å². The third-order valence-electron chi connectivity index (χ3n) is 2.89. The summed E-state index contributed by atoms with van der Waals surface area (Å²) in [5, 5.41) is 0. The molecule has 0 saturated carbocycles. The molecule has 0 N–H and O–H groups in total. The van der Waals surface area contributed by atoms with E-state index in [1.807, 2.05) is 26.0 Å². The van der Waals surface area contributed by atoms with Crippen molar-refractivity contribution < 1.29 is 19.1 Å². The molecule has 1 aromatic rings. The normalized spacial score (nSPS) is 10.4. The molecule has 0 atom stereocenters. The van der Waals surface area contributed by atoms with Crippen LogP contribution in [0.25, 0.3) is 0 Å². The number of ether oxygens (including phenoxy) is 2. The maximum Gasteiger partial charge on any atom is 0.422 e. The van der Waals surface area contributed by atoms with Crippen LogP contribution in [-0.4, -0.2) is 18.5 Å². The lowest BCUT2D eigenvalue weighted by molar-refractivity contribution is -0.162. The van der Waals surface area contributed by atoms with Crippen molar-refractivity contribution >= 4 is 11.9 Å². The molecular formula is C16H22O4. The molecule has 0 radical (unpaired) electrons. The van der Waals surface area contributed by atoms with Gasteiger partial charge in [-0.15, -0.1) is 0 Å². The van der Waals surface area contributed by atoms with Gasteiger partial charge in [0.1, 0.15) is 5.75 Å². The molecule has 1 aromatic carbocycles. The number of rotatable bonds is 6. The summed E-state index contributed by atoms with van der Waals surface area (Å²) in [4.78, 5) is 23.1. The zero-order valence-electron chi connectivity index (χ0n) is 12.3. The molecule has 20 heavy (non-hydrogen) atoms. The molecule has 0 aliphatic carbocycles. The number of benzene rings is 1. The van der Waals surface area contributed by atoms with Crippen LogP contribution in [0.4, 0.5) is 0 Å². The van der Waals surface area contributed by atoms with E-state index < -0.39 is 11.9 Å². The van der Waals surface area contributed by atoms with Gasteiger partial charge >= 0.3 is 11.9 Å². The van der Waals surface area contributed by atoms with Crippen LogP contribution in [0.2, 0.25) is 0 Å². The highest BCUT2D eigenvalue weighted by molar-refractivity contribution is 6.30. The second-order valence-electron chi connectivity index (χ2n) is 4.93. The maximum atomic E-state index is 11.7. The first kappa shape index (κ1) is 16.2. The highest BCUT2D eigenvalue weighted by Gasteiger charge is 2.20. The smallest absolute Gasteiger partial charge is 0.422 e. The Labute approximate surface area is 120 Å². The van der Waals surface area contributed by atoms with Crippen molar-refractivity contribution in [1.29, 1.82) is 0 Å². The van der Waals surface area contributed by atoms with Crippen LogP contribution in [0.15, 0.2) is 24.3 Å². The number of hydrogen-bond donors (Lipinski definition) is 0. The second kappa shape index (κ2) is 8.35. The van der Waals surface area contributed by atoms with Crippen LogP contribution in [-0.2, 0) is 14.3 Å². The summed E-state index contributed by atoms with van der Waals surface area (Å²) < 4.78 is 9.98. The average Bonchev–Trinajstić information content (AvgIpc) is 2.43. The van der Waals surface area contributed by atoms with E-state index in [9.17, 15) is 9.59 Å². The van der Waals surface area contributed by atoms with Crippen molar-refractivity contribution in [2.75, 3.05) is 6.61 Å².